The molecule has 0 amide bonds. The molecule has 0 aliphatic heterocycles. The van der Waals surface area contributed by atoms with E-state index >= 15 is 0 Å². The van der Waals surface area contributed by atoms with Crippen LogP contribution in [-0.4, -0.2) is 13.1 Å². The van der Waals surface area contributed by atoms with Crippen molar-refractivity contribution in [2.75, 3.05) is 7.11 Å². The third kappa shape index (κ3) is 3.64. The van der Waals surface area contributed by atoms with Crippen molar-refractivity contribution in [1.29, 1.82) is 0 Å². The Morgan fingerprint density at radius 2 is 1.73 bits per heavy atom. The fourth-order valence-electron chi connectivity index (χ4n) is 2.11. The van der Waals surface area contributed by atoms with Crippen LogP contribution in [0.15, 0.2) is 42.5 Å². The Hall–Kier alpha value is -2.36. The highest BCUT2D eigenvalue weighted by molar-refractivity contribution is 5.89. The molecule has 0 unspecified atom stereocenters. The first kappa shape index (κ1) is 16.0. The molecule has 0 bridgehead atoms. The SMILES string of the molecule is COC(=O)c1cccc(Oc2ccc(C(C)(C)C)c(F)c2)c1. The van der Waals surface area contributed by atoms with Gasteiger partial charge in [-0.1, -0.05) is 32.9 Å². The zero-order valence-electron chi connectivity index (χ0n) is 13.1. The second-order valence-electron chi connectivity index (χ2n) is 6.01. The van der Waals surface area contributed by atoms with Crippen molar-refractivity contribution >= 4 is 5.97 Å². The minimum atomic E-state index is -0.445. The van der Waals surface area contributed by atoms with Gasteiger partial charge in [-0.05, 0) is 35.2 Å². The summed E-state index contributed by atoms with van der Waals surface area (Å²) in [4.78, 5) is 11.5. The van der Waals surface area contributed by atoms with Crippen LogP contribution in [0.25, 0.3) is 0 Å². The molecule has 116 valence electrons. The molecule has 2 aromatic rings. The summed E-state index contributed by atoms with van der Waals surface area (Å²) in [5.74, 6) is 0.0761. The second kappa shape index (κ2) is 6.18. The Bertz CT molecular complexity index is 687. The van der Waals surface area contributed by atoms with Crippen LogP contribution in [-0.2, 0) is 10.2 Å². The summed E-state index contributed by atoms with van der Waals surface area (Å²) in [6.07, 6.45) is 0. The molecule has 4 heteroatoms. The maximum Gasteiger partial charge on any atom is 0.337 e. The molecule has 0 aliphatic rings. The van der Waals surface area contributed by atoms with Gasteiger partial charge in [0, 0.05) is 6.07 Å². The summed E-state index contributed by atoms with van der Waals surface area (Å²) in [6.45, 7) is 5.85. The zero-order valence-corrected chi connectivity index (χ0v) is 13.1. The molecule has 0 fully saturated rings. The first-order valence-corrected chi connectivity index (χ1v) is 6.97. The number of benzene rings is 2. The van der Waals surface area contributed by atoms with E-state index in [0.717, 1.165) is 0 Å². The Kier molecular flexibility index (Phi) is 4.50. The van der Waals surface area contributed by atoms with E-state index in [1.54, 1.807) is 36.4 Å². The minimum absolute atomic E-state index is 0.270. The van der Waals surface area contributed by atoms with E-state index in [4.69, 9.17) is 4.74 Å². The lowest BCUT2D eigenvalue weighted by molar-refractivity contribution is 0.0600. The van der Waals surface area contributed by atoms with Crippen LogP contribution in [0.3, 0.4) is 0 Å². The van der Waals surface area contributed by atoms with E-state index < -0.39 is 5.97 Å². The summed E-state index contributed by atoms with van der Waals surface area (Å²) < 4.78 is 24.4. The number of halogens is 1. The van der Waals surface area contributed by atoms with Gasteiger partial charge in [-0.25, -0.2) is 9.18 Å². The van der Waals surface area contributed by atoms with E-state index in [1.165, 1.54) is 13.2 Å². The van der Waals surface area contributed by atoms with E-state index in [9.17, 15) is 9.18 Å². The normalized spacial score (nSPS) is 11.1. The van der Waals surface area contributed by atoms with E-state index in [2.05, 4.69) is 4.74 Å². The van der Waals surface area contributed by atoms with Gasteiger partial charge >= 0.3 is 5.97 Å². The standard InChI is InChI=1S/C18H19FO3/c1-18(2,3)15-9-8-14(11-16(15)19)22-13-7-5-6-12(10-13)17(20)21-4/h5-11H,1-4H3. The molecule has 0 N–H and O–H groups in total. The lowest BCUT2D eigenvalue weighted by Gasteiger charge is -2.20. The molecule has 0 aromatic heterocycles. The highest BCUT2D eigenvalue weighted by atomic mass is 19.1. The molecule has 2 rings (SSSR count). The van der Waals surface area contributed by atoms with Crippen LogP contribution in [0, 0.1) is 5.82 Å². The number of esters is 1. The van der Waals surface area contributed by atoms with Gasteiger partial charge in [0.05, 0.1) is 12.7 Å². The van der Waals surface area contributed by atoms with Crippen LogP contribution in [0.1, 0.15) is 36.7 Å². The average molecular weight is 302 g/mol. The summed E-state index contributed by atoms with van der Waals surface area (Å²) in [5, 5.41) is 0. The van der Waals surface area contributed by atoms with Crippen LogP contribution >= 0.6 is 0 Å². The zero-order chi connectivity index (χ0) is 16.3. The van der Waals surface area contributed by atoms with Crippen molar-refractivity contribution in [2.24, 2.45) is 0 Å². The fourth-order valence-corrected chi connectivity index (χ4v) is 2.11. The highest BCUT2D eigenvalue weighted by Gasteiger charge is 2.18. The van der Waals surface area contributed by atoms with Gasteiger partial charge < -0.3 is 9.47 Å². The third-order valence-corrected chi connectivity index (χ3v) is 3.24. The molecular formula is C18H19FO3. The van der Waals surface area contributed by atoms with Crippen molar-refractivity contribution in [3.63, 3.8) is 0 Å². The van der Waals surface area contributed by atoms with Crippen molar-refractivity contribution in [3.8, 4) is 11.5 Å². The van der Waals surface area contributed by atoms with E-state index in [1.807, 2.05) is 20.8 Å². The number of hydrogen-bond acceptors (Lipinski definition) is 3. The Morgan fingerprint density at radius 1 is 1.05 bits per heavy atom. The Labute approximate surface area is 129 Å². The summed E-state index contributed by atoms with van der Waals surface area (Å²) in [6, 6.07) is 11.3. The molecule has 3 nitrogen and oxygen atoms in total. The molecule has 0 spiro atoms. The minimum Gasteiger partial charge on any atom is -0.465 e. The number of rotatable bonds is 3. The fraction of sp³-hybridized carbons (Fsp3) is 0.278. The van der Waals surface area contributed by atoms with Crippen molar-refractivity contribution in [1.82, 2.24) is 0 Å². The highest BCUT2D eigenvalue weighted by Crippen LogP contribution is 2.30. The molecule has 0 aliphatic carbocycles. The number of carbonyl (C=O) groups excluding carboxylic acids is 1. The van der Waals surface area contributed by atoms with Crippen LogP contribution in [0.2, 0.25) is 0 Å². The first-order chi connectivity index (χ1) is 10.3. The molecule has 0 saturated heterocycles. The molecule has 0 atom stereocenters. The van der Waals surface area contributed by atoms with Crippen LogP contribution in [0.5, 0.6) is 11.5 Å². The predicted octanol–water partition coefficient (Wildman–Crippen LogP) is 4.70. The Morgan fingerprint density at radius 3 is 2.32 bits per heavy atom. The molecule has 2 aromatic carbocycles. The topological polar surface area (TPSA) is 35.5 Å². The predicted molar refractivity (Wildman–Crippen MR) is 83.0 cm³/mol. The van der Waals surface area contributed by atoms with Gasteiger partial charge in [-0.2, -0.15) is 0 Å². The van der Waals surface area contributed by atoms with Crippen molar-refractivity contribution in [2.45, 2.75) is 26.2 Å². The van der Waals surface area contributed by atoms with Crippen LogP contribution < -0.4 is 4.74 Å². The Balaban J connectivity index is 2.25. The largest absolute Gasteiger partial charge is 0.465 e. The summed E-state index contributed by atoms with van der Waals surface area (Å²) in [5.41, 5.74) is 0.739. The quantitative estimate of drug-likeness (QED) is 0.771. The summed E-state index contributed by atoms with van der Waals surface area (Å²) in [7, 11) is 1.32. The number of ether oxygens (including phenoxy) is 2. The van der Waals surface area contributed by atoms with Crippen molar-refractivity contribution < 1.29 is 18.7 Å². The van der Waals surface area contributed by atoms with Gasteiger partial charge in [0.1, 0.15) is 17.3 Å². The second-order valence-corrected chi connectivity index (χ2v) is 6.01. The lowest BCUT2D eigenvalue weighted by atomic mass is 9.87. The maximum atomic E-state index is 14.2. The number of methoxy groups -OCH3 is 1. The average Bonchev–Trinajstić information content (AvgIpc) is 2.45. The third-order valence-electron chi connectivity index (χ3n) is 3.24. The smallest absolute Gasteiger partial charge is 0.337 e. The van der Waals surface area contributed by atoms with Crippen molar-refractivity contribution in [3.05, 3.63) is 59.4 Å². The van der Waals surface area contributed by atoms with E-state index in [-0.39, 0.29) is 11.2 Å². The monoisotopic (exact) mass is 302 g/mol. The molecule has 0 radical (unpaired) electrons. The molecule has 0 saturated carbocycles. The van der Waals surface area contributed by atoms with Crippen LogP contribution in [0.4, 0.5) is 4.39 Å². The number of hydrogen-bond donors (Lipinski definition) is 0. The first-order valence-electron chi connectivity index (χ1n) is 6.97. The molecule has 22 heavy (non-hydrogen) atoms. The summed E-state index contributed by atoms with van der Waals surface area (Å²) >= 11 is 0. The maximum absolute atomic E-state index is 14.2. The van der Waals surface area contributed by atoms with Gasteiger partial charge in [0.15, 0.2) is 0 Å². The number of carbonyl (C=O) groups is 1. The van der Waals surface area contributed by atoms with Gasteiger partial charge in [-0.3, -0.25) is 0 Å². The van der Waals surface area contributed by atoms with Gasteiger partial charge in [0.25, 0.3) is 0 Å². The molecular weight excluding hydrogens is 283 g/mol. The lowest BCUT2D eigenvalue weighted by Crippen LogP contribution is -2.13. The van der Waals surface area contributed by atoms with Gasteiger partial charge in [0.2, 0.25) is 0 Å². The molecule has 0 heterocycles. The van der Waals surface area contributed by atoms with Gasteiger partial charge in [-0.15, -0.1) is 0 Å². The van der Waals surface area contributed by atoms with E-state index in [0.29, 0.717) is 22.6 Å².